The van der Waals surface area contributed by atoms with Crippen molar-refractivity contribution in [2.45, 2.75) is 12.8 Å². The molecular weight excluding hydrogens is 408 g/mol. The summed E-state index contributed by atoms with van der Waals surface area (Å²) in [6.07, 6.45) is 3.22. The summed E-state index contributed by atoms with van der Waals surface area (Å²) < 4.78 is 6.97. The van der Waals surface area contributed by atoms with Gasteiger partial charge in [0.05, 0.1) is 11.9 Å². The molecule has 4 rings (SSSR count). The first-order valence-electron chi connectivity index (χ1n) is 10.6. The van der Waals surface area contributed by atoms with Gasteiger partial charge in [-0.15, -0.1) is 5.10 Å². The average Bonchev–Trinajstić information content (AvgIpc) is 3.31. The molecule has 32 heavy (non-hydrogen) atoms. The van der Waals surface area contributed by atoms with Crippen LogP contribution in [0.2, 0.25) is 0 Å². The summed E-state index contributed by atoms with van der Waals surface area (Å²) in [4.78, 5) is 27.9. The van der Waals surface area contributed by atoms with Crippen molar-refractivity contribution in [3.05, 3.63) is 72.1 Å². The van der Waals surface area contributed by atoms with Gasteiger partial charge < -0.3 is 15.4 Å². The van der Waals surface area contributed by atoms with Gasteiger partial charge in [-0.1, -0.05) is 41.6 Å². The third-order valence-electron chi connectivity index (χ3n) is 5.45. The Kier molecular flexibility index (Phi) is 6.76. The molecule has 2 N–H and O–H groups in total. The minimum absolute atomic E-state index is 0.0639. The average molecular weight is 435 g/mol. The Morgan fingerprint density at radius 3 is 2.50 bits per heavy atom. The molecule has 1 aliphatic rings. The van der Waals surface area contributed by atoms with Crippen molar-refractivity contribution in [2.24, 2.45) is 5.73 Å². The fourth-order valence-corrected chi connectivity index (χ4v) is 3.66. The van der Waals surface area contributed by atoms with Crippen LogP contribution in [0.5, 0.6) is 5.75 Å². The van der Waals surface area contributed by atoms with E-state index in [-0.39, 0.29) is 11.8 Å². The lowest BCUT2D eigenvalue weighted by Gasteiger charge is -2.34. The molecule has 0 radical (unpaired) electrons. The van der Waals surface area contributed by atoms with Crippen molar-refractivity contribution >= 4 is 12.0 Å². The normalized spacial score (nSPS) is 14.3. The number of carbonyl (C=O) groups excluding carboxylic acids is 2. The molecule has 166 valence electrons. The van der Waals surface area contributed by atoms with Crippen molar-refractivity contribution in [3.63, 3.8) is 0 Å². The Morgan fingerprint density at radius 2 is 1.78 bits per heavy atom. The molecule has 0 unspecified atom stereocenters. The Labute approximate surface area is 186 Å². The summed E-state index contributed by atoms with van der Waals surface area (Å²) >= 11 is 0. The van der Waals surface area contributed by atoms with Crippen LogP contribution in [-0.2, 0) is 6.42 Å². The largest absolute Gasteiger partial charge is 0.415 e. The zero-order valence-electron chi connectivity index (χ0n) is 17.8. The molecule has 0 bridgehead atoms. The number of piperazine rings is 1. The van der Waals surface area contributed by atoms with Crippen LogP contribution < -0.4 is 10.5 Å². The number of aryl methyl sites for hydroxylation is 1. The Morgan fingerprint density at radius 1 is 1.00 bits per heavy atom. The number of hydrogen-bond acceptors (Lipinski definition) is 6. The fourth-order valence-electron chi connectivity index (χ4n) is 3.66. The predicted octanol–water partition coefficient (Wildman–Crippen LogP) is 2.12. The number of hydrogen-bond donors (Lipinski definition) is 1. The molecule has 0 saturated carbocycles. The molecule has 0 spiro atoms. The van der Waals surface area contributed by atoms with Crippen molar-refractivity contribution in [2.75, 3.05) is 32.7 Å². The fraction of sp³-hybridized carbons (Fsp3) is 0.304. The van der Waals surface area contributed by atoms with Crippen molar-refractivity contribution in [3.8, 4) is 11.4 Å². The van der Waals surface area contributed by atoms with Gasteiger partial charge in [-0.3, -0.25) is 9.69 Å². The van der Waals surface area contributed by atoms with E-state index in [2.05, 4.69) is 39.5 Å². The minimum atomic E-state index is -0.655. The monoisotopic (exact) mass is 434 g/mol. The second-order valence-electron chi connectivity index (χ2n) is 7.70. The molecule has 9 heteroatoms. The lowest BCUT2D eigenvalue weighted by molar-refractivity contribution is 0.0995. The van der Waals surface area contributed by atoms with Crippen LogP contribution in [-0.4, -0.2) is 69.5 Å². The first kappa shape index (κ1) is 21.5. The summed E-state index contributed by atoms with van der Waals surface area (Å²) in [6, 6.07) is 17.4. The molecule has 0 aliphatic carbocycles. The summed E-state index contributed by atoms with van der Waals surface area (Å²) in [7, 11) is 0. The molecule has 2 heterocycles. The first-order valence-corrected chi connectivity index (χ1v) is 10.6. The number of aromatic nitrogens is 3. The Bertz CT molecular complexity index is 1060. The summed E-state index contributed by atoms with van der Waals surface area (Å²) in [5.74, 6) is -0.257. The van der Waals surface area contributed by atoms with E-state index in [1.54, 1.807) is 29.2 Å². The topological polar surface area (TPSA) is 107 Å². The Balaban J connectivity index is 1.25. The van der Waals surface area contributed by atoms with Gasteiger partial charge in [-0.2, -0.15) is 0 Å². The van der Waals surface area contributed by atoms with Crippen LogP contribution in [0.4, 0.5) is 4.79 Å². The number of rotatable bonds is 7. The summed E-state index contributed by atoms with van der Waals surface area (Å²) in [5, 5.41) is 7.60. The number of nitrogens with two attached hydrogens (primary N) is 1. The highest BCUT2D eigenvalue weighted by Crippen LogP contribution is 2.18. The molecule has 1 aliphatic heterocycles. The van der Waals surface area contributed by atoms with E-state index < -0.39 is 5.91 Å². The Hall–Kier alpha value is -3.72. The first-order chi connectivity index (χ1) is 15.6. The molecule has 2 aromatic carbocycles. The molecule has 1 saturated heterocycles. The van der Waals surface area contributed by atoms with Crippen LogP contribution in [0.15, 0.2) is 60.8 Å². The number of nitrogens with zero attached hydrogens (tertiary/aromatic N) is 5. The van der Waals surface area contributed by atoms with E-state index in [9.17, 15) is 9.59 Å². The maximum absolute atomic E-state index is 12.6. The van der Waals surface area contributed by atoms with Gasteiger partial charge in [-0.25, -0.2) is 9.48 Å². The van der Waals surface area contributed by atoms with Crippen molar-refractivity contribution in [1.29, 1.82) is 0 Å². The smallest absolute Gasteiger partial charge is 0.410 e. The van der Waals surface area contributed by atoms with Crippen molar-refractivity contribution in [1.82, 2.24) is 24.8 Å². The van der Waals surface area contributed by atoms with Gasteiger partial charge in [0, 0.05) is 32.2 Å². The van der Waals surface area contributed by atoms with E-state index in [0.717, 1.165) is 32.5 Å². The lowest BCUT2D eigenvalue weighted by Crippen LogP contribution is -2.49. The van der Waals surface area contributed by atoms with Gasteiger partial charge in [0.15, 0.2) is 5.69 Å². The summed E-state index contributed by atoms with van der Waals surface area (Å²) in [6.45, 7) is 3.95. The maximum Gasteiger partial charge on any atom is 0.415 e. The molecule has 1 fully saturated rings. The molecular formula is C23H26N6O3. The highest BCUT2D eigenvalue weighted by Gasteiger charge is 2.22. The number of carbonyl (C=O) groups is 2. The van der Waals surface area contributed by atoms with E-state index in [1.807, 2.05) is 6.07 Å². The van der Waals surface area contributed by atoms with Crippen LogP contribution >= 0.6 is 0 Å². The van der Waals surface area contributed by atoms with Gasteiger partial charge >= 0.3 is 6.09 Å². The molecule has 3 aromatic rings. The quantitative estimate of drug-likeness (QED) is 0.610. The third kappa shape index (κ3) is 5.50. The maximum atomic E-state index is 12.6. The highest BCUT2D eigenvalue weighted by molar-refractivity contribution is 5.90. The van der Waals surface area contributed by atoms with Gasteiger partial charge in [0.25, 0.3) is 5.91 Å². The van der Waals surface area contributed by atoms with Gasteiger partial charge in [-0.05, 0) is 37.1 Å². The molecule has 9 nitrogen and oxygen atoms in total. The van der Waals surface area contributed by atoms with Crippen LogP contribution in [0.3, 0.4) is 0 Å². The summed E-state index contributed by atoms with van der Waals surface area (Å²) in [5.41, 5.74) is 7.24. The zero-order valence-corrected chi connectivity index (χ0v) is 17.8. The van der Waals surface area contributed by atoms with Crippen LogP contribution in [0, 0.1) is 0 Å². The molecule has 0 atom stereocenters. The molecule has 1 aromatic heterocycles. The zero-order chi connectivity index (χ0) is 22.3. The van der Waals surface area contributed by atoms with Gasteiger partial charge in [0.1, 0.15) is 5.75 Å². The predicted molar refractivity (Wildman–Crippen MR) is 119 cm³/mol. The third-order valence-corrected chi connectivity index (χ3v) is 5.45. The van der Waals surface area contributed by atoms with E-state index in [4.69, 9.17) is 10.5 Å². The van der Waals surface area contributed by atoms with E-state index in [1.165, 1.54) is 16.4 Å². The standard InChI is InChI=1S/C23H26N6O3/c24-22(30)21-17-29(26-25-21)19-9-4-10-20(16-19)32-23(31)28-14-12-27(13-15-28)11-5-8-18-6-2-1-3-7-18/h1-4,6-7,9-10,16-17H,5,8,11-15H2,(H2,24,30). The van der Waals surface area contributed by atoms with E-state index in [0.29, 0.717) is 24.5 Å². The van der Waals surface area contributed by atoms with Gasteiger partial charge in [0.2, 0.25) is 0 Å². The minimum Gasteiger partial charge on any atom is -0.410 e. The lowest BCUT2D eigenvalue weighted by atomic mass is 10.1. The number of benzene rings is 2. The second kappa shape index (κ2) is 10.1. The SMILES string of the molecule is NC(=O)c1cn(-c2cccc(OC(=O)N3CCN(CCCc4ccccc4)CC3)c2)nn1. The van der Waals surface area contributed by atoms with Crippen LogP contribution in [0.1, 0.15) is 22.5 Å². The van der Waals surface area contributed by atoms with Crippen molar-refractivity contribution < 1.29 is 14.3 Å². The van der Waals surface area contributed by atoms with Crippen LogP contribution in [0.25, 0.3) is 5.69 Å². The van der Waals surface area contributed by atoms with E-state index >= 15 is 0 Å². The number of amides is 2. The number of primary amides is 1. The number of ether oxygens (including phenoxy) is 1. The molecule has 2 amide bonds. The highest BCUT2D eigenvalue weighted by atomic mass is 16.6. The second-order valence-corrected chi connectivity index (χ2v) is 7.70.